The Hall–Kier alpha value is -2.82. The van der Waals surface area contributed by atoms with Crippen LogP contribution in [0.25, 0.3) is 0 Å². The molecule has 2 aromatic rings. The SMILES string of the molecule is CCC(C(=O)N1CCC(NC(=O)CCCOc2ccccc2)CC1)c1ccccc1. The number of para-hydroxylation sites is 1. The summed E-state index contributed by atoms with van der Waals surface area (Å²) in [5.41, 5.74) is 1.08. The van der Waals surface area contributed by atoms with Gasteiger partial charge in [0.2, 0.25) is 11.8 Å². The van der Waals surface area contributed by atoms with E-state index < -0.39 is 0 Å². The molecule has 160 valence electrons. The van der Waals surface area contributed by atoms with E-state index in [-0.39, 0.29) is 23.8 Å². The Bertz CT molecular complexity index is 787. The Morgan fingerprint density at radius 1 is 1.03 bits per heavy atom. The predicted octanol–water partition coefficient (Wildman–Crippen LogP) is 4.15. The highest BCUT2D eigenvalue weighted by molar-refractivity contribution is 5.84. The van der Waals surface area contributed by atoms with E-state index in [4.69, 9.17) is 4.74 Å². The fourth-order valence-corrected chi connectivity index (χ4v) is 3.94. The Balaban J connectivity index is 1.36. The first-order chi connectivity index (χ1) is 14.7. The Morgan fingerprint density at radius 3 is 2.30 bits per heavy atom. The van der Waals surface area contributed by atoms with Gasteiger partial charge in [-0.15, -0.1) is 0 Å². The van der Waals surface area contributed by atoms with Crippen LogP contribution in [0.5, 0.6) is 5.75 Å². The maximum atomic E-state index is 13.0. The van der Waals surface area contributed by atoms with E-state index in [1.807, 2.05) is 65.6 Å². The van der Waals surface area contributed by atoms with Gasteiger partial charge in [-0.25, -0.2) is 0 Å². The molecule has 5 heteroatoms. The second-order valence-corrected chi connectivity index (χ2v) is 7.80. The van der Waals surface area contributed by atoms with E-state index >= 15 is 0 Å². The molecule has 0 bridgehead atoms. The minimum atomic E-state index is -0.0815. The van der Waals surface area contributed by atoms with Gasteiger partial charge in [0.25, 0.3) is 0 Å². The lowest BCUT2D eigenvalue weighted by Crippen LogP contribution is -2.47. The number of rotatable bonds is 9. The van der Waals surface area contributed by atoms with Gasteiger partial charge in [0, 0.05) is 25.6 Å². The van der Waals surface area contributed by atoms with E-state index in [2.05, 4.69) is 12.2 Å². The van der Waals surface area contributed by atoms with Crippen LogP contribution in [0, 0.1) is 0 Å². The van der Waals surface area contributed by atoms with Gasteiger partial charge < -0.3 is 15.0 Å². The van der Waals surface area contributed by atoms with Crippen molar-refractivity contribution in [3.05, 3.63) is 66.2 Å². The highest BCUT2D eigenvalue weighted by Crippen LogP contribution is 2.24. The molecule has 1 N–H and O–H groups in total. The summed E-state index contributed by atoms with van der Waals surface area (Å²) in [5, 5.41) is 3.12. The average molecular weight is 409 g/mol. The molecule has 3 rings (SSSR count). The molecule has 2 amide bonds. The molecule has 1 atom stereocenters. The van der Waals surface area contributed by atoms with Gasteiger partial charge in [-0.2, -0.15) is 0 Å². The number of hydrogen-bond acceptors (Lipinski definition) is 3. The number of ether oxygens (including phenoxy) is 1. The number of hydrogen-bond donors (Lipinski definition) is 1. The first-order valence-corrected chi connectivity index (χ1v) is 11.0. The van der Waals surface area contributed by atoms with Crippen LogP contribution in [-0.4, -0.2) is 42.5 Å². The van der Waals surface area contributed by atoms with Crippen molar-refractivity contribution >= 4 is 11.8 Å². The lowest BCUT2D eigenvalue weighted by Gasteiger charge is -2.34. The van der Waals surface area contributed by atoms with Gasteiger partial charge in [0.05, 0.1) is 12.5 Å². The topological polar surface area (TPSA) is 58.6 Å². The zero-order chi connectivity index (χ0) is 21.2. The van der Waals surface area contributed by atoms with Crippen LogP contribution in [0.2, 0.25) is 0 Å². The second-order valence-electron chi connectivity index (χ2n) is 7.80. The quantitative estimate of drug-likeness (QED) is 0.634. The summed E-state index contributed by atoms with van der Waals surface area (Å²) in [7, 11) is 0. The molecule has 1 aliphatic rings. The molecule has 30 heavy (non-hydrogen) atoms. The number of carbonyl (C=O) groups is 2. The fraction of sp³-hybridized carbons (Fsp3) is 0.440. The average Bonchev–Trinajstić information content (AvgIpc) is 2.79. The summed E-state index contributed by atoms with van der Waals surface area (Å²) in [6, 6.07) is 19.8. The zero-order valence-corrected chi connectivity index (χ0v) is 17.8. The van der Waals surface area contributed by atoms with E-state index in [1.165, 1.54) is 0 Å². The van der Waals surface area contributed by atoms with Crippen molar-refractivity contribution in [1.29, 1.82) is 0 Å². The molecule has 1 heterocycles. The second kappa shape index (κ2) is 11.4. The lowest BCUT2D eigenvalue weighted by molar-refractivity contribution is -0.134. The molecule has 0 aromatic heterocycles. The van der Waals surface area contributed by atoms with Gasteiger partial charge in [-0.05, 0) is 43.4 Å². The van der Waals surface area contributed by atoms with Crippen LogP contribution in [0.3, 0.4) is 0 Å². The molecule has 1 saturated heterocycles. The van der Waals surface area contributed by atoms with E-state index in [1.54, 1.807) is 0 Å². The van der Waals surface area contributed by atoms with E-state index in [0.717, 1.165) is 30.6 Å². The Morgan fingerprint density at radius 2 is 1.67 bits per heavy atom. The zero-order valence-electron chi connectivity index (χ0n) is 17.8. The Kier molecular flexibility index (Phi) is 8.30. The first kappa shape index (κ1) is 21.9. The first-order valence-electron chi connectivity index (χ1n) is 11.0. The molecule has 0 spiro atoms. The number of piperidine rings is 1. The molecule has 5 nitrogen and oxygen atoms in total. The van der Waals surface area contributed by atoms with Gasteiger partial charge in [0.15, 0.2) is 0 Å². The Labute approximate surface area is 179 Å². The number of carbonyl (C=O) groups excluding carboxylic acids is 2. The summed E-state index contributed by atoms with van der Waals surface area (Å²) in [6.07, 6.45) is 3.56. The molecule has 0 aliphatic carbocycles. The van der Waals surface area contributed by atoms with Crippen LogP contribution >= 0.6 is 0 Å². The molecule has 1 fully saturated rings. The molecular weight excluding hydrogens is 376 g/mol. The molecule has 1 aliphatic heterocycles. The molecular formula is C25H32N2O3. The van der Waals surface area contributed by atoms with E-state index in [0.29, 0.717) is 32.5 Å². The molecule has 1 unspecified atom stereocenters. The smallest absolute Gasteiger partial charge is 0.230 e. The van der Waals surface area contributed by atoms with Crippen molar-refractivity contribution < 1.29 is 14.3 Å². The maximum Gasteiger partial charge on any atom is 0.230 e. The number of amides is 2. The third-order valence-corrected chi connectivity index (χ3v) is 5.64. The van der Waals surface area contributed by atoms with Gasteiger partial charge >= 0.3 is 0 Å². The number of likely N-dealkylation sites (tertiary alicyclic amines) is 1. The van der Waals surface area contributed by atoms with Crippen molar-refractivity contribution in [2.75, 3.05) is 19.7 Å². The number of benzene rings is 2. The lowest BCUT2D eigenvalue weighted by atomic mass is 9.93. The van der Waals surface area contributed by atoms with Crippen molar-refractivity contribution in [2.24, 2.45) is 0 Å². The molecule has 0 saturated carbocycles. The third-order valence-electron chi connectivity index (χ3n) is 5.64. The van der Waals surface area contributed by atoms with Crippen molar-refractivity contribution in [3.63, 3.8) is 0 Å². The molecule has 2 aromatic carbocycles. The highest BCUT2D eigenvalue weighted by atomic mass is 16.5. The van der Waals surface area contributed by atoms with Crippen LogP contribution in [-0.2, 0) is 9.59 Å². The van der Waals surface area contributed by atoms with Crippen LogP contribution in [0.4, 0.5) is 0 Å². The van der Waals surface area contributed by atoms with Gasteiger partial charge in [0.1, 0.15) is 5.75 Å². The standard InChI is InChI=1S/C25H32N2O3/c1-2-23(20-10-5-3-6-11-20)25(29)27-17-15-21(16-18-27)26-24(28)14-9-19-30-22-12-7-4-8-13-22/h3-8,10-13,21,23H,2,9,14-19H2,1H3,(H,26,28). The number of nitrogens with one attached hydrogen (secondary N) is 1. The summed E-state index contributed by atoms with van der Waals surface area (Å²) in [5.74, 6) is 1.01. The largest absolute Gasteiger partial charge is 0.494 e. The van der Waals surface area contributed by atoms with Gasteiger partial charge in [-0.3, -0.25) is 9.59 Å². The predicted molar refractivity (Wildman–Crippen MR) is 118 cm³/mol. The minimum absolute atomic E-state index is 0.0622. The monoisotopic (exact) mass is 408 g/mol. The van der Waals surface area contributed by atoms with Crippen molar-refractivity contribution in [3.8, 4) is 5.75 Å². The fourth-order valence-electron chi connectivity index (χ4n) is 3.94. The minimum Gasteiger partial charge on any atom is -0.494 e. The highest BCUT2D eigenvalue weighted by Gasteiger charge is 2.28. The summed E-state index contributed by atoms with van der Waals surface area (Å²) in [6.45, 7) is 3.99. The van der Waals surface area contributed by atoms with Gasteiger partial charge in [-0.1, -0.05) is 55.5 Å². The van der Waals surface area contributed by atoms with Crippen LogP contribution in [0.15, 0.2) is 60.7 Å². The normalized spacial score (nSPS) is 15.4. The number of nitrogens with zero attached hydrogens (tertiary/aromatic N) is 1. The summed E-state index contributed by atoms with van der Waals surface area (Å²) in [4.78, 5) is 27.2. The third kappa shape index (κ3) is 6.34. The summed E-state index contributed by atoms with van der Waals surface area (Å²) >= 11 is 0. The maximum absolute atomic E-state index is 13.0. The molecule has 0 radical (unpaired) electrons. The van der Waals surface area contributed by atoms with Crippen molar-refractivity contribution in [1.82, 2.24) is 10.2 Å². The summed E-state index contributed by atoms with van der Waals surface area (Å²) < 4.78 is 5.63. The van der Waals surface area contributed by atoms with Crippen LogP contribution in [0.1, 0.15) is 50.5 Å². The van der Waals surface area contributed by atoms with Crippen molar-refractivity contribution in [2.45, 2.75) is 51.0 Å². The van der Waals surface area contributed by atoms with Crippen LogP contribution < -0.4 is 10.1 Å². The van der Waals surface area contributed by atoms with E-state index in [9.17, 15) is 9.59 Å².